The van der Waals surface area contributed by atoms with Gasteiger partial charge >= 0.3 is 6.18 Å². The molecule has 7 heteroatoms. The van der Waals surface area contributed by atoms with E-state index in [-0.39, 0.29) is 11.3 Å². The molecule has 2 aromatic rings. The maximum absolute atomic E-state index is 12.9. The third-order valence-electron chi connectivity index (χ3n) is 2.53. The summed E-state index contributed by atoms with van der Waals surface area (Å²) in [5, 5.41) is 0. The van der Waals surface area contributed by atoms with Crippen LogP contribution in [0.2, 0.25) is 0 Å². The average Bonchev–Trinajstić information content (AvgIpc) is 2.37. The molecule has 0 fully saturated rings. The highest BCUT2D eigenvalue weighted by Crippen LogP contribution is 2.35. The van der Waals surface area contributed by atoms with Gasteiger partial charge < -0.3 is 4.98 Å². The number of hydrogen-bond donors (Lipinski definition) is 1. The molecular formula is C12H10F3N3O. The number of hydrogen-bond acceptors (Lipinski definition) is 3. The monoisotopic (exact) mass is 269 g/mol. The van der Waals surface area contributed by atoms with Crippen LogP contribution in [0.25, 0.3) is 11.3 Å². The average molecular weight is 269 g/mol. The molecule has 0 saturated carbocycles. The fourth-order valence-electron chi connectivity index (χ4n) is 1.66. The van der Waals surface area contributed by atoms with Crippen molar-refractivity contribution in [3.63, 3.8) is 0 Å². The molecule has 19 heavy (non-hydrogen) atoms. The molecule has 4 nitrogen and oxygen atoms in total. The molecule has 1 N–H and O–H groups in total. The van der Waals surface area contributed by atoms with Crippen LogP contribution >= 0.6 is 0 Å². The van der Waals surface area contributed by atoms with E-state index in [0.717, 1.165) is 24.5 Å². The van der Waals surface area contributed by atoms with Gasteiger partial charge in [-0.1, -0.05) is 6.92 Å². The maximum Gasteiger partial charge on any atom is 0.417 e. The van der Waals surface area contributed by atoms with Crippen molar-refractivity contribution in [2.75, 3.05) is 0 Å². The Kier molecular flexibility index (Phi) is 3.37. The van der Waals surface area contributed by atoms with Crippen molar-refractivity contribution in [1.29, 1.82) is 0 Å². The summed E-state index contributed by atoms with van der Waals surface area (Å²) >= 11 is 0. The molecule has 2 aromatic heterocycles. The molecule has 0 bridgehead atoms. The van der Waals surface area contributed by atoms with Gasteiger partial charge in [0.25, 0.3) is 5.56 Å². The Balaban J connectivity index is 2.66. The summed E-state index contributed by atoms with van der Waals surface area (Å²) < 4.78 is 38.6. The van der Waals surface area contributed by atoms with Gasteiger partial charge in [-0.3, -0.25) is 9.78 Å². The topological polar surface area (TPSA) is 58.6 Å². The number of halogens is 3. The number of aromatic nitrogens is 3. The van der Waals surface area contributed by atoms with Gasteiger partial charge in [0.05, 0.1) is 11.3 Å². The van der Waals surface area contributed by atoms with E-state index in [4.69, 9.17) is 0 Å². The Morgan fingerprint density at radius 3 is 2.74 bits per heavy atom. The zero-order chi connectivity index (χ0) is 14.0. The third-order valence-corrected chi connectivity index (χ3v) is 2.53. The van der Waals surface area contributed by atoms with Gasteiger partial charge in [0.15, 0.2) is 0 Å². The lowest BCUT2D eigenvalue weighted by Crippen LogP contribution is -2.13. The van der Waals surface area contributed by atoms with E-state index in [0.29, 0.717) is 12.2 Å². The molecule has 0 aliphatic rings. The number of nitrogens with zero attached hydrogens (tertiary/aromatic N) is 2. The molecule has 100 valence electrons. The van der Waals surface area contributed by atoms with E-state index >= 15 is 0 Å². The van der Waals surface area contributed by atoms with Gasteiger partial charge in [0.1, 0.15) is 5.82 Å². The maximum atomic E-state index is 12.9. The Hall–Kier alpha value is -2.18. The van der Waals surface area contributed by atoms with Crippen LogP contribution in [0.15, 0.2) is 29.3 Å². The Morgan fingerprint density at radius 1 is 1.37 bits per heavy atom. The van der Waals surface area contributed by atoms with E-state index in [2.05, 4.69) is 15.0 Å². The summed E-state index contributed by atoms with van der Waals surface area (Å²) in [5.74, 6) is 0.333. The highest BCUT2D eigenvalue weighted by Gasteiger charge is 2.34. The highest BCUT2D eigenvalue weighted by molar-refractivity contribution is 5.62. The van der Waals surface area contributed by atoms with Crippen molar-refractivity contribution in [2.45, 2.75) is 19.5 Å². The predicted octanol–water partition coefficient (Wildman–Crippen LogP) is 2.41. The summed E-state index contributed by atoms with van der Waals surface area (Å²) in [6.07, 6.45) is -1.98. The van der Waals surface area contributed by atoms with Crippen LogP contribution in [0.3, 0.4) is 0 Å². The molecular weight excluding hydrogens is 259 g/mol. The zero-order valence-electron chi connectivity index (χ0n) is 9.95. The lowest BCUT2D eigenvalue weighted by Gasteiger charge is -2.11. The predicted molar refractivity (Wildman–Crippen MR) is 62.5 cm³/mol. The Morgan fingerprint density at radius 2 is 2.11 bits per heavy atom. The number of aromatic amines is 1. The molecule has 0 aromatic carbocycles. The molecule has 0 saturated heterocycles. The standard InChI is InChI=1S/C12H10F3N3O/c1-2-10-17-9(5-11(19)18-10)7-6-16-4-3-8(7)12(13,14)15/h3-6H,2H2,1H3,(H,17,18,19). The lowest BCUT2D eigenvalue weighted by molar-refractivity contribution is -0.137. The van der Waals surface area contributed by atoms with Crippen LogP contribution in [0, 0.1) is 0 Å². The van der Waals surface area contributed by atoms with Gasteiger partial charge in [-0.05, 0) is 6.07 Å². The second-order valence-electron chi connectivity index (χ2n) is 3.85. The van der Waals surface area contributed by atoms with E-state index in [1.807, 2.05) is 0 Å². The van der Waals surface area contributed by atoms with Crippen molar-refractivity contribution in [3.8, 4) is 11.3 Å². The fourth-order valence-corrected chi connectivity index (χ4v) is 1.66. The first-order chi connectivity index (χ1) is 8.91. The van der Waals surface area contributed by atoms with Crippen LogP contribution in [0.5, 0.6) is 0 Å². The molecule has 0 aliphatic carbocycles. The van der Waals surface area contributed by atoms with Crippen LogP contribution in [-0.4, -0.2) is 15.0 Å². The number of alkyl halides is 3. The molecule has 0 amide bonds. The zero-order valence-corrected chi connectivity index (χ0v) is 9.95. The summed E-state index contributed by atoms with van der Waals surface area (Å²) in [6.45, 7) is 1.75. The molecule has 0 unspecified atom stereocenters. The first kappa shape index (κ1) is 13.3. The minimum atomic E-state index is -4.52. The summed E-state index contributed by atoms with van der Waals surface area (Å²) in [5.41, 5.74) is -1.57. The largest absolute Gasteiger partial charge is 0.417 e. The van der Waals surface area contributed by atoms with Gasteiger partial charge in [0.2, 0.25) is 0 Å². The first-order valence-electron chi connectivity index (χ1n) is 5.53. The SMILES string of the molecule is CCc1nc(-c2cnccc2C(F)(F)F)cc(=O)[nH]1. The molecule has 0 spiro atoms. The van der Waals surface area contributed by atoms with E-state index in [1.54, 1.807) is 6.92 Å². The van der Waals surface area contributed by atoms with Crippen molar-refractivity contribution >= 4 is 0 Å². The molecule has 0 radical (unpaired) electrons. The second kappa shape index (κ2) is 4.83. The summed E-state index contributed by atoms with van der Waals surface area (Å²) in [4.78, 5) is 21.5. The van der Waals surface area contributed by atoms with E-state index in [1.165, 1.54) is 0 Å². The second-order valence-corrected chi connectivity index (χ2v) is 3.85. The quantitative estimate of drug-likeness (QED) is 0.910. The Labute approximate surface area is 106 Å². The molecule has 0 aliphatic heterocycles. The van der Waals surface area contributed by atoms with E-state index in [9.17, 15) is 18.0 Å². The van der Waals surface area contributed by atoms with Gasteiger partial charge in [-0.2, -0.15) is 13.2 Å². The first-order valence-corrected chi connectivity index (χ1v) is 5.53. The summed E-state index contributed by atoms with van der Waals surface area (Å²) in [6, 6.07) is 1.90. The van der Waals surface area contributed by atoms with Gasteiger partial charge in [-0.25, -0.2) is 4.98 Å². The van der Waals surface area contributed by atoms with Crippen LogP contribution in [0.1, 0.15) is 18.3 Å². The highest BCUT2D eigenvalue weighted by atomic mass is 19.4. The third kappa shape index (κ3) is 2.81. The van der Waals surface area contributed by atoms with Crippen molar-refractivity contribution in [2.24, 2.45) is 0 Å². The van der Waals surface area contributed by atoms with Crippen LogP contribution < -0.4 is 5.56 Å². The number of pyridine rings is 1. The number of H-pyrrole nitrogens is 1. The van der Waals surface area contributed by atoms with Crippen molar-refractivity contribution < 1.29 is 13.2 Å². The molecule has 0 atom stereocenters. The Bertz CT molecular complexity index is 649. The smallest absolute Gasteiger partial charge is 0.311 e. The van der Waals surface area contributed by atoms with E-state index < -0.39 is 17.3 Å². The molecule has 2 rings (SSSR count). The number of aryl methyl sites for hydroxylation is 1. The van der Waals surface area contributed by atoms with Crippen molar-refractivity contribution in [1.82, 2.24) is 15.0 Å². The number of nitrogens with one attached hydrogen (secondary N) is 1. The van der Waals surface area contributed by atoms with Gasteiger partial charge in [0, 0.05) is 30.4 Å². The van der Waals surface area contributed by atoms with Gasteiger partial charge in [-0.15, -0.1) is 0 Å². The summed E-state index contributed by atoms with van der Waals surface area (Å²) in [7, 11) is 0. The number of rotatable bonds is 2. The van der Waals surface area contributed by atoms with Crippen LogP contribution in [-0.2, 0) is 12.6 Å². The minimum absolute atomic E-state index is 0.0268. The van der Waals surface area contributed by atoms with Crippen LogP contribution in [0.4, 0.5) is 13.2 Å². The normalized spacial score (nSPS) is 11.6. The van der Waals surface area contributed by atoms with Crippen molar-refractivity contribution in [3.05, 3.63) is 46.3 Å². The fraction of sp³-hybridized carbons (Fsp3) is 0.250. The minimum Gasteiger partial charge on any atom is -0.311 e. The molecule has 2 heterocycles. The lowest BCUT2D eigenvalue weighted by atomic mass is 10.1.